The van der Waals surface area contributed by atoms with Crippen LogP contribution >= 0.6 is 11.8 Å². The van der Waals surface area contributed by atoms with Crippen molar-refractivity contribution in [2.45, 2.75) is 43.4 Å². The Bertz CT molecular complexity index is 554. The Balaban J connectivity index is 2.26. The van der Waals surface area contributed by atoms with Crippen LogP contribution in [0.25, 0.3) is 0 Å². The van der Waals surface area contributed by atoms with E-state index in [1.807, 2.05) is 30.1 Å². The van der Waals surface area contributed by atoms with E-state index in [0.717, 1.165) is 12.1 Å². The Morgan fingerprint density at radius 3 is 2.55 bits per heavy atom. The summed E-state index contributed by atoms with van der Waals surface area (Å²) in [5, 5.41) is 0.198. The normalized spacial score (nSPS) is 14.0. The van der Waals surface area contributed by atoms with Gasteiger partial charge in [-0.25, -0.2) is 0 Å². The molecule has 2 atom stereocenters. The van der Waals surface area contributed by atoms with Gasteiger partial charge in [0, 0.05) is 17.1 Å². The van der Waals surface area contributed by atoms with Crippen LogP contribution in [0.3, 0.4) is 0 Å². The van der Waals surface area contributed by atoms with Gasteiger partial charge in [-0.15, -0.1) is 11.8 Å². The van der Waals surface area contributed by atoms with E-state index >= 15 is 0 Å². The fourth-order valence-electron chi connectivity index (χ4n) is 2.06. The van der Waals surface area contributed by atoms with Gasteiger partial charge < -0.3 is 5.73 Å². The fraction of sp³-hybridized carbons (Fsp3) is 0.353. The van der Waals surface area contributed by atoms with Crippen LogP contribution in [0.1, 0.15) is 35.4 Å². The Morgan fingerprint density at radius 2 is 1.95 bits per heavy atom. The second kappa shape index (κ2) is 6.91. The van der Waals surface area contributed by atoms with Crippen molar-refractivity contribution in [3.63, 3.8) is 0 Å². The zero-order valence-corrected chi connectivity index (χ0v) is 13.2. The van der Waals surface area contributed by atoms with E-state index in [-0.39, 0.29) is 11.3 Å². The summed E-state index contributed by atoms with van der Waals surface area (Å²) in [5.41, 5.74) is 10.0. The molecule has 0 spiro atoms. The molecular formula is C17H22N2S. The molecule has 2 unspecified atom stereocenters. The number of aromatic nitrogens is 1. The van der Waals surface area contributed by atoms with Gasteiger partial charge in [0.05, 0.1) is 10.9 Å². The Labute approximate surface area is 125 Å². The molecule has 0 aliphatic carbocycles. The number of benzene rings is 1. The van der Waals surface area contributed by atoms with Gasteiger partial charge in [-0.3, -0.25) is 4.98 Å². The fourth-order valence-corrected chi connectivity index (χ4v) is 3.37. The molecule has 106 valence electrons. The van der Waals surface area contributed by atoms with Crippen LogP contribution in [0.5, 0.6) is 0 Å². The molecule has 0 bridgehead atoms. The summed E-state index contributed by atoms with van der Waals surface area (Å²) >= 11 is 1.81. The highest BCUT2D eigenvalue weighted by Gasteiger charge is 2.21. The minimum Gasteiger partial charge on any atom is -0.326 e. The van der Waals surface area contributed by atoms with Crippen LogP contribution < -0.4 is 5.73 Å². The van der Waals surface area contributed by atoms with E-state index in [2.05, 4.69) is 50.0 Å². The predicted octanol–water partition coefficient (Wildman–Crippen LogP) is 4.27. The largest absolute Gasteiger partial charge is 0.326 e. The molecule has 2 N–H and O–H groups in total. The van der Waals surface area contributed by atoms with Crippen molar-refractivity contribution >= 4 is 11.8 Å². The third-order valence-corrected chi connectivity index (χ3v) is 4.95. The van der Waals surface area contributed by atoms with Crippen molar-refractivity contribution in [2.24, 2.45) is 5.73 Å². The van der Waals surface area contributed by atoms with Crippen molar-refractivity contribution in [1.82, 2.24) is 4.98 Å². The summed E-state index contributed by atoms with van der Waals surface area (Å²) in [6.07, 6.45) is 2.78. The van der Waals surface area contributed by atoms with Gasteiger partial charge in [-0.2, -0.15) is 0 Å². The molecule has 2 nitrogen and oxygen atoms in total. The highest BCUT2D eigenvalue weighted by atomic mass is 32.2. The summed E-state index contributed by atoms with van der Waals surface area (Å²) in [4.78, 5) is 5.74. The molecule has 0 aliphatic heterocycles. The van der Waals surface area contributed by atoms with Gasteiger partial charge in [0.25, 0.3) is 0 Å². The minimum atomic E-state index is 0.108. The average molecular weight is 286 g/mol. The summed E-state index contributed by atoms with van der Waals surface area (Å²) in [6.45, 7) is 6.41. The number of hydrogen-bond acceptors (Lipinski definition) is 3. The van der Waals surface area contributed by atoms with E-state index in [9.17, 15) is 0 Å². The quantitative estimate of drug-likeness (QED) is 0.834. The van der Waals surface area contributed by atoms with Gasteiger partial charge >= 0.3 is 0 Å². The molecule has 3 heteroatoms. The van der Waals surface area contributed by atoms with E-state index in [0.29, 0.717) is 0 Å². The average Bonchev–Trinajstić information content (AvgIpc) is 2.48. The van der Waals surface area contributed by atoms with Crippen LogP contribution in [0.15, 0.2) is 47.5 Å². The van der Waals surface area contributed by atoms with Crippen molar-refractivity contribution in [3.8, 4) is 0 Å². The molecule has 1 heterocycles. The molecule has 0 aliphatic rings. The molecule has 0 saturated heterocycles. The maximum Gasteiger partial charge on any atom is 0.0668 e. The zero-order valence-electron chi connectivity index (χ0n) is 12.3. The van der Waals surface area contributed by atoms with Crippen LogP contribution in [0, 0.1) is 13.8 Å². The third-order valence-electron chi connectivity index (χ3n) is 3.58. The van der Waals surface area contributed by atoms with Gasteiger partial charge in [0.1, 0.15) is 0 Å². The maximum atomic E-state index is 6.30. The van der Waals surface area contributed by atoms with Gasteiger partial charge in [-0.1, -0.05) is 19.1 Å². The van der Waals surface area contributed by atoms with Crippen molar-refractivity contribution < 1.29 is 0 Å². The molecule has 1 aromatic heterocycles. The molecule has 0 radical (unpaired) electrons. The summed E-state index contributed by atoms with van der Waals surface area (Å²) in [7, 11) is 0. The van der Waals surface area contributed by atoms with E-state index in [4.69, 9.17) is 5.73 Å². The summed E-state index contributed by atoms with van der Waals surface area (Å²) < 4.78 is 0. The lowest BCUT2D eigenvalue weighted by Gasteiger charge is -2.22. The second-order valence-corrected chi connectivity index (χ2v) is 6.33. The van der Waals surface area contributed by atoms with Gasteiger partial charge in [0.15, 0.2) is 0 Å². The highest BCUT2D eigenvalue weighted by molar-refractivity contribution is 7.99. The third kappa shape index (κ3) is 3.62. The highest BCUT2D eigenvalue weighted by Crippen LogP contribution is 2.37. The molecule has 0 saturated carbocycles. The molecule has 1 aromatic carbocycles. The first-order valence-corrected chi connectivity index (χ1v) is 7.90. The lowest BCUT2D eigenvalue weighted by Crippen LogP contribution is -2.26. The van der Waals surface area contributed by atoms with E-state index < -0.39 is 0 Å². The van der Waals surface area contributed by atoms with Crippen molar-refractivity contribution in [1.29, 1.82) is 0 Å². The lowest BCUT2D eigenvalue weighted by atomic mass is 10.1. The lowest BCUT2D eigenvalue weighted by molar-refractivity contribution is 0.624. The number of rotatable bonds is 5. The molecule has 0 fully saturated rings. The number of pyridine rings is 1. The molecular weight excluding hydrogens is 264 g/mol. The maximum absolute atomic E-state index is 6.30. The smallest absolute Gasteiger partial charge is 0.0668 e. The van der Waals surface area contributed by atoms with Crippen LogP contribution in [-0.4, -0.2) is 11.0 Å². The second-order valence-electron chi connectivity index (χ2n) is 5.11. The number of nitrogens with zero attached hydrogens (tertiary/aromatic N) is 1. The summed E-state index contributed by atoms with van der Waals surface area (Å²) in [6, 6.07) is 12.7. The molecule has 0 amide bonds. The Kier molecular flexibility index (Phi) is 5.21. The number of nitrogens with two attached hydrogens (primary N) is 1. The SMILES string of the molecule is CCC(N)C(Sc1ccc(C)c(C)c1)c1ccccn1. The van der Waals surface area contributed by atoms with Crippen molar-refractivity contribution in [3.05, 3.63) is 59.4 Å². The zero-order chi connectivity index (χ0) is 14.5. The topological polar surface area (TPSA) is 38.9 Å². The van der Waals surface area contributed by atoms with Crippen LogP contribution in [0.2, 0.25) is 0 Å². The first-order valence-electron chi connectivity index (χ1n) is 7.02. The monoisotopic (exact) mass is 286 g/mol. The molecule has 2 aromatic rings. The van der Waals surface area contributed by atoms with Crippen LogP contribution in [-0.2, 0) is 0 Å². The minimum absolute atomic E-state index is 0.108. The Hall–Kier alpha value is -1.32. The van der Waals surface area contributed by atoms with Crippen molar-refractivity contribution in [2.75, 3.05) is 0 Å². The number of thioether (sulfide) groups is 1. The molecule has 2 rings (SSSR count). The van der Waals surface area contributed by atoms with E-state index in [1.165, 1.54) is 16.0 Å². The van der Waals surface area contributed by atoms with Gasteiger partial charge in [0.2, 0.25) is 0 Å². The number of hydrogen-bond donors (Lipinski definition) is 1. The first-order chi connectivity index (χ1) is 9.61. The Morgan fingerprint density at radius 1 is 1.15 bits per heavy atom. The predicted molar refractivity (Wildman–Crippen MR) is 87.0 cm³/mol. The standard InChI is InChI=1S/C17H22N2S/c1-4-15(18)17(16-7-5-6-10-19-16)20-14-9-8-12(2)13(3)11-14/h5-11,15,17H,4,18H2,1-3H3. The van der Waals surface area contributed by atoms with E-state index in [1.54, 1.807) is 0 Å². The van der Waals surface area contributed by atoms with Gasteiger partial charge in [-0.05, 0) is 55.7 Å². The molecule has 20 heavy (non-hydrogen) atoms. The summed E-state index contributed by atoms with van der Waals surface area (Å²) in [5.74, 6) is 0. The first kappa shape index (κ1) is 15.1. The number of aryl methyl sites for hydroxylation is 2. The van der Waals surface area contributed by atoms with Crippen LogP contribution in [0.4, 0.5) is 0 Å².